The second kappa shape index (κ2) is 14.8. The summed E-state index contributed by atoms with van der Waals surface area (Å²) in [4.78, 5) is 33.3. The molecule has 1 aliphatic rings. The maximum Gasteiger partial charge on any atom is 0.338 e. The fraction of sp³-hybridized carbons (Fsp3) is 0.139. The summed E-state index contributed by atoms with van der Waals surface area (Å²) in [6.07, 6.45) is 1.79. The van der Waals surface area contributed by atoms with Crippen LogP contribution in [0.3, 0.4) is 0 Å². The number of thiazole rings is 1. The molecule has 0 amide bonds. The Morgan fingerprint density at radius 3 is 2.35 bits per heavy atom. The maximum atomic E-state index is 14.3. The first kappa shape index (κ1) is 34.2. The molecule has 5 aromatic rings. The zero-order chi connectivity index (χ0) is 33.9. The Balaban J connectivity index is 1.47. The number of fused-ring (bicyclic) bond motifs is 1. The van der Waals surface area contributed by atoms with E-state index in [1.807, 2.05) is 60.7 Å². The Bertz CT molecular complexity index is 2210. The molecule has 6 rings (SSSR count). The number of rotatable bonds is 9. The van der Waals surface area contributed by atoms with Crippen molar-refractivity contribution in [1.82, 2.24) is 4.57 Å². The smallest absolute Gasteiger partial charge is 0.338 e. The van der Waals surface area contributed by atoms with Crippen LogP contribution in [-0.2, 0) is 16.1 Å². The van der Waals surface area contributed by atoms with Crippen LogP contribution in [0, 0.1) is 0 Å². The van der Waals surface area contributed by atoms with Gasteiger partial charge in [-0.05, 0) is 92.4 Å². The minimum atomic E-state index is -0.794. The van der Waals surface area contributed by atoms with E-state index in [0.717, 1.165) is 16.7 Å². The number of benzene rings is 4. The molecule has 0 fully saturated rings. The zero-order valence-corrected chi connectivity index (χ0v) is 31.0. The average molecular weight is 829 g/mol. The molecule has 2 heterocycles. The highest BCUT2D eigenvalue weighted by atomic mass is 79.9. The van der Waals surface area contributed by atoms with Crippen molar-refractivity contribution < 1.29 is 19.0 Å². The first-order valence-electron chi connectivity index (χ1n) is 14.7. The molecule has 4 aromatic carbocycles. The van der Waals surface area contributed by atoms with E-state index in [9.17, 15) is 9.59 Å². The molecular formula is C36H26Br2Cl2N2O5S. The first-order chi connectivity index (χ1) is 23.2. The highest BCUT2D eigenvalue weighted by Gasteiger charge is 2.35. The summed E-state index contributed by atoms with van der Waals surface area (Å²) >= 11 is 20.8. The minimum Gasteiger partial charge on any atom is -0.497 e. The van der Waals surface area contributed by atoms with Crippen molar-refractivity contribution in [3.8, 4) is 11.5 Å². The van der Waals surface area contributed by atoms with Crippen molar-refractivity contribution in [1.29, 1.82) is 0 Å². The Morgan fingerprint density at radius 1 is 1.00 bits per heavy atom. The highest BCUT2D eigenvalue weighted by molar-refractivity contribution is 9.11. The van der Waals surface area contributed by atoms with Gasteiger partial charge >= 0.3 is 5.97 Å². The van der Waals surface area contributed by atoms with Crippen molar-refractivity contribution in [2.45, 2.75) is 19.6 Å². The number of hydrogen-bond acceptors (Lipinski definition) is 7. The van der Waals surface area contributed by atoms with Crippen LogP contribution >= 0.6 is 66.4 Å². The Morgan fingerprint density at radius 2 is 1.71 bits per heavy atom. The van der Waals surface area contributed by atoms with Gasteiger partial charge in [0.25, 0.3) is 5.56 Å². The topological polar surface area (TPSA) is 79.1 Å². The minimum absolute atomic E-state index is 0.167. The van der Waals surface area contributed by atoms with Gasteiger partial charge in [-0.25, -0.2) is 9.79 Å². The zero-order valence-electron chi connectivity index (χ0n) is 25.5. The van der Waals surface area contributed by atoms with Gasteiger partial charge in [0.15, 0.2) is 4.80 Å². The van der Waals surface area contributed by atoms with Crippen molar-refractivity contribution in [2.75, 3.05) is 13.7 Å². The van der Waals surface area contributed by atoms with Gasteiger partial charge in [0.2, 0.25) is 0 Å². The molecular weight excluding hydrogens is 803 g/mol. The molecule has 0 saturated carbocycles. The average Bonchev–Trinajstić information content (AvgIpc) is 3.38. The lowest BCUT2D eigenvalue weighted by atomic mass is 9.93. The predicted octanol–water partition coefficient (Wildman–Crippen LogP) is 8.36. The summed E-state index contributed by atoms with van der Waals surface area (Å²) < 4.78 is 20.4. The third-order valence-corrected chi connectivity index (χ3v) is 10.3. The van der Waals surface area contributed by atoms with Crippen LogP contribution in [0.25, 0.3) is 11.8 Å². The van der Waals surface area contributed by atoms with Gasteiger partial charge in [0.1, 0.15) is 18.1 Å². The molecule has 7 nitrogen and oxygen atoms in total. The summed E-state index contributed by atoms with van der Waals surface area (Å²) in [6, 6.07) is 24.9. The number of methoxy groups -OCH3 is 1. The maximum absolute atomic E-state index is 14.3. The first-order valence-corrected chi connectivity index (χ1v) is 17.8. The quantitative estimate of drug-likeness (QED) is 0.140. The highest BCUT2D eigenvalue weighted by Crippen LogP contribution is 2.37. The van der Waals surface area contributed by atoms with Gasteiger partial charge < -0.3 is 14.2 Å². The molecule has 0 spiro atoms. The molecule has 0 saturated heterocycles. The molecule has 12 heteroatoms. The predicted molar refractivity (Wildman–Crippen MR) is 197 cm³/mol. The monoisotopic (exact) mass is 826 g/mol. The SMILES string of the molecule is CCOC(=O)C1=C(c2ccccc2)N=c2s/c(=C\c3cc(Br)c(OCc4ccc(Cl)cc4Cl)c(Br)c3)c(=O)n2[C@H]1c1ccc(OC)cc1. The van der Waals surface area contributed by atoms with E-state index in [1.165, 1.54) is 11.3 Å². The number of ether oxygens (including phenoxy) is 3. The molecule has 0 aliphatic carbocycles. The third kappa shape index (κ3) is 7.04. The summed E-state index contributed by atoms with van der Waals surface area (Å²) in [5.41, 5.74) is 3.41. The van der Waals surface area contributed by atoms with Crippen molar-refractivity contribution >= 4 is 84.1 Å². The summed E-state index contributed by atoms with van der Waals surface area (Å²) in [5.74, 6) is 0.681. The van der Waals surface area contributed by atoms with Gasteiger partial charge in [-0.1, -0.05) is 83.1 Å². The summed E-state index contributed by atoms with van der Waals surface area (Å²) in [7, 11) is 1.58. The number of halogens is 4. The lowest BCUT2D eigenvalue weighted by Gasteiger charge is -2.26. The summed E-state index contributed by atoms with van der Waals surface area (Å²) in [6.45, 7) is 2.14. The van der Waals surface area contributed by atoms with Gasteiger partial charge in [-0.2, -0.15) is 0 Å². The second-order valence-corrected chi connectivity index (χ2v) is 14.1. The lowest BCUT2D eigenvalue weighted by molar-refractivity contribution is -0.138. The van der Waals surface area contributed by atoms with Crippen LogP contribution in [0.4, 0.5) is 0 Å². The van der Waals surface area contributed by atoms with Crippen LogP contribution in [0.5, 0.6) is 11.5 Å². The number of nitrogens with zero attached hydrogens (tertiary/aromatic N) is 2. The number of esters is 1. The number of hydrogen-bond donors (Lipinski definition) is 0. The van der Waals surface area contributed by atoms with Gasteiger partial charge in [0.05, 0.1) is 44.5 Å². The third-order valence-electron chi connectivity index (χ3n) is 7.51. The Kier molecular flexibility index (Phi) is 10.6. The molecule has 0 radical (unpaired) electrons. The number of carbonyl (C=O) groups excluding carboxylic acids is 1. The van der Waals surface area contributed by atoms with Crippen molar-refractivity contribution in [3.63, 3.8) is 0 Å². The van der Waals surface area contributed by atoms with Gasteiger partial charge in [-0.15, -0.1) is 0 Å². The number of carbonyl (C=O) groups is 1. The van der Waals surface area contributed by atoms with E-state index in [2.05, 4.69) is 31.9 Å². The normalized spacial score (nSPS) is 14.4. The molecule has 0 unspecified atom stereocenters. The van der Waals surface area contributed by atoms with Crippen molar-refractivity contribution in [2.24, 2.45) is 4.99 Å². The van der Waals surface area contributed by atoms with Gasteiger partial charge in [0, 0.05) is 21.2 Å². The summed E-state index contributed by atoms with van der Waals surface area (Å²) in [5, 5.41) is 1.06. The van der Waals surface area contributed by atoms with Crippen LogP contribution < -0.4 is 24.4 Å². The molecule has 244 valence electrons. The van der Waals surface area contributed by atoms with E-state index in [1.54, 1.807) is 48.9 Å². The molecule has 1 aliphatic heterocycles. The van der Waals surface area contributed by atoms with Gasteiger partial charge in [-0.3, -0.25) is 9.36 Å². The Labute approximate surface area is 307 Å². The molecule has 1 atom stereocenters. The molecule has 0 bridgehead atoms. The molecule has 48 heavy (non-hydrogen) atoms. The van der Waals surface area contributed by atoms with E-state index in [-0.39, 0.29) is 24.3 Å². The van der Waals surface area contributed by atoms with Crippen LogP contribution in [0.2, 0.25) is 10.0 Å². The lowest BCUT2D eigenvalue weighted by Crippen LogP contribution is -2.40. The fourth-order valence-electron chi connectivity index (χ4n) is 5.28. The molecule has 0 N–H and O–H groups in total. The van der Waals surface area contributed by atoms with E-state index in [0.29, 0.717) is 51.1 Å². The van der Waals surface area contributed by atoms with Crippen LogP contribution in [-0.4, -0.2) is 24.3 Å². The van der Waals surface area contributed by atoms with Crippen molar-refractivity contribution in [3.05, 3.63) is 151 Å². The standard InChI is InChI=1S/C36H26Br2Cl2N2O5S/c1-3-46-35(44)30-31(21-7-5-4-6-8-21)41-36-42(32(30)22-10-13-25(45-2)14-11-22)34(43)29(48-36)17-20-15-26(37)33(27(38)16-20)47-19-23-9-12-24(39)18-28(23)40/h4-18,32H,3,19H2,1-2H3/b29-17-/t32-/m0/s1. The largest absolute Gasteiger partial charge is 0.497 e. The Hall–Kier alpha value is -3.67. The fourth-order valence-corrected chi connectivity index (χ4v) is 8.20. The van der Waals surface area contributed by atoms with Crippen LogP contribution in [0.15, 0.2) is 109 Å². The second-order valence-electron chi connectivity index (χ2n) is 10.5. The van der Waals surface area contributed by atoms with E-state index in [4.69, 9.17) is 42.4 Å². The van der Waals surface area contributed by atoms with E-state index < -0.39 is 12.0 Å². The number of aromatic nitrogens is 1. The van der Waals surface area contributed by atoms with E-state index >= 15 is 0 Å². The molecule has 1 aromatic heterocycles. The van der Waals surface area contributed by atoms with Crippen LogP contribution in [0.1, 0.15) is 35.2 Å².